The van der Waals surface area contributed by atoms with Gasteiger partial charge in [0.2, 0.25) is 0 Å². The van der Waals surface area contributed by atoms with Crippen molar-refractivity contribution in [2.24, 2.45) is 0 Å². The van der Waals surface area contributed by atoms with Crippen LogP contribution in [-0.4, -0.2) is 29.9 Å². The molecule has 1 amide bonds. The molecular formula is C19H25N3OS. The number of nitrogens with one attached hydrogen (secondary N) is 1. The number of rotatable bonds is 6. The lowest BCUT2D eigenvalue weighted by molar-refractivity contribution is 0.0963. The molecule has 0 aliphatic heterocycles. The van der Waals surface area contributed by atoms with Crippen LogP contribution in [0.25, 0.3) is 0 Å². The van der Waals surface area contributed by atoms with Crippen LogP contribution in [0.4, 0.5) is 0 Å². The monoisotopic (exact) mass is 343 g/mol. The Morgan fingerprint density at radius 3 is 2.62 bits per heavy atom. The Kier molecular flexibility index (Phi) is 5.63. The second-order valence-electron chi connectivity index (χ2n) is 6.61. The van der Waals surface area contributed by atoms with E-state index >= 15 is 0 Å². The first-order valence-electron chi connectivity index (χ1n) is 8.59. The van der Waals surface area contributed by atoms with Gasteiger partial charge in [-0.1, -0.05) is 25.0 Å². The summed E-state index contributed by atoms with van der Waals surface area (Å²) in [5.74, 6) is 0.656. The van der Waals surface area contributed by atoms with Crippen LogP contribution >= 0.6 is 11.3 Å². The minimum absolute atomic E-state index is 0.0446. The molecule has 1 heterocycles. The summed E-state index contributed by atoms with van der Waals surface area (Å²) in [7, 11) is 3.76. The van der Waals surface area contributed by atoms with Gasteiger partial charge in [-0.3, -0.25) is 9.69 Å². The first kappa shape index (κ1) is 17.1. The largest absolute Gasteiger partial charge is 0.355 e. The van der Waals surface area contributed by atoms with Gasteiger partial charge in [0, 0.05) is 37.0 Å². The molecule has 0 spiro atoms. The molecular weight excluding hydrogens is 318 g/mol. The van der Waals surface area contributed by atoms with E-state index in [0.29, 0.717) is 11.5 Å². The number of aromatic nitrogens is 1. The van der Waals surface area contributed by atoms with Crippen molar-refractivity contribution in [3.63, 3.8) is 0 Å². The van der Waals surface area contributed by atoms with Gasteiger partial charge >= 0.3 is 0 Å². The van der Waals surface area contributed by atoms with E-state index in [9.17, 15) is 4.79 Å². The third-order valence-electron chi connectivity index (χ3n) is 4.60. The van der Waals surface area contributed by atoms with Crippen molar-refractivity contribution >= 4 is 17.2 Å². The fraction of sp³-hybridized carbons (Fsp3) is 0.474. The van der Waals surface area contributed by atoms with E-state index in [4.69, 9.17) is 4.98 Å². The lowest BCUT2D eigenvalue weighted by Gasteiger charge is -2.15. The summed E-state index contributed by atoms with van der Waals surface area (Å²) >= 11 is 1.82. The van der Waals surface area contributed by atoms with Crippen molar-refractivity contribution in [3.8, 4) is 0 Å². The normalized spacial score (nSPS) is 15.1. The van der Waals surface area contributed by atoms with Gasteiger partial charge in [0.1, 0.15) is 0 Å². The van der Waals surface area contributed by atoms with Crippen LogP contribution in [0.2, 0.25) is 0 Å². The number of hydrogen-bond acceptors (Lipinski definition) is 4. The second kappa shape index (κ2) is 7.90. The minimum atomic E-state index is -0.0446. The predicted molar refractivity (Wildman–Crippen MR) is 98.3 cm³/mol. The maximum Gasteiger partial charge on any atom is 0.251 e. The van der Waals surface area contributed by atoms with Gasteiger partial charge in [0.15, 0.2) is 0 Å². The van der Waals surface area contributed by atoms with Gasteiger partial charge in [-0.05, 0) is 37.6 Å². The highest BCUT2D eigenvalue weighted by Crippen LogP contribution is 2.35. The lowest BCUT2D eigenvalue weighted by atomic mass is 10.1. The summed E-state index contributed by atoms with van der Waals surface area (Å²) in [5.41, 5.74) is 3.08. The fourth-order valence-electron chi connectivity index (χ4n) is 3.31. The van der Waals surface area contributed by atoms with Crippen LogP contribution < -0.4 is 5.32 Å². The molecule has 1 fully saturated rings. The molecule has 128 valence electrons. The first-order valence-corrected chi connectivity index (χ1v) is 9.47. The topological polar surface area (TPSA) is 45.2 Å². The average Bonchev–Trinajstić information content (AvgIpc) is 3.26. The third-order valence-corrected chi connectivity index (χ3v) is 5.66. The molecule has 3 rings (SSSR count). The summed E-state index contributed by atoms with van der Waals surface area (Å²) in [6, 6.07) is 7.80. The zero-order valence-corrected chi connectivity index (χ0v) is 15.2. The van der Waals surface area contributed by atoms with Crippen molar-refractivity contribution in [2.75, 3.05) is 14.1 Å². The molecule has 0 bridgehead atoms. The quantitative estimate of drug-likeness (QED) is 0.868. The van der Waals surface area contributed by atoms with Gasteiger partial charge in [-0.15, -0.1) is 11.3 Å². The predicted octanol–water partition coefficient (Wildman–Crippen LogP) is 3.79. The molecule has 2 aromatic rings. The summed E-state index contributed by atoms with van der Waals surface area (Å²) < 4.78 is 0. The molecule has 0 atom stereocenters. The molecule has 1 aromatic carbocycles. The molecule has 1 saturated carbocycles. The minimum Gasteiger partial charge on any atom is -0.355 e. The first-order chi connectivity index (χ1) is 11.7. The molecule has 1 aliphatic rings. The van der Waals surface area contributed by atoms with Crippen LogP contribution in [0.3, 0.4) is 0 Å². The van der Waals surface area contributed by atoms with Crippen LogP contribution in [0.5, 0.6) is 0 Å². The van der Waals surface area contributed by atoms with E-state index in [1.54, 1.807) is 7.05 Å². The molecule has 0 unspecified atom stereocenters. The lowest BCUT2D eigenvalue weighted by Crippen LogP contribution is -2.19. The van der Waals surface area contributed by atoms with Crippen molar-refractivity contribution in [1.82, 2.24) is 15.2 Å². The number of amides is 1. The molecule has 0 saturated heterocycles. The number of carbonyl (C=O) groups excluding carboxylic acids is 1. The zero-order valence-electron chi connectivity index (χ0n) is 14.4. The summed E-state index contributed by atoms with van der Waals surface area (Å²) in [5, 5.41) is 6.18. The number of benzene rings is 1. The molecule has 1 aromatic heterocycles. The molecule has 0 radical (unpaired) electrons. The van der Waals surface area contributed by atoms with Crippen molar-refractivity contribution < 1.29 is 4.79 Å². The number of nitrogens with zero attached hydrogens (tertiary/aromatic N) is 2. The van der Waals surface area contributed by atoms with Crippen molar-refractivity contribution in [1.29, 1.82) is 0 Å². The van der Waals surface area contributed by atoms with Crippen molar-refractivity contribution in [2.45, 2.75) is 44.7 Å². The molecule has 5 heteroatoms. The SMILES string of the molecule is CNC(=O)c1ccc(CN(C)Cc2csc(C3CCCC3)n2)cc1. The zero-order chi connectivity index (χ0) is 16.9. The van der Waals surface area contributed by atoms with Crippen LogP contribution in [0.1, 0.15) is 58.2 Å². The molecule has 4 nitrogen and oxygen atoms in total. The Morgan fingerprint density at radius 2 is 1.96 bits per heavy atom. The standard InChI is InChI=1S/C19H25N3OS/c1-20-18(23)15-9-7-14(8-10-15)11-22(2)12-17-13-24-19(21-17)16-5-3-4-6-16/h7-10,13,16H,3-6,11-12H2,1-2H3,(H,20,23). The summed E-state index contributed by atoms with van der Waals surface area (Å²) in [6.07, 6.45) is 5.32. The van der Waals surface area contributed by atoms with Crippen LogP contribution in [0, 0.1) is 0 Å². The number of carbonyl (C=O) groups is 1. The van der Waals surface area contributed by atoms with E-state index in [-0.39, 0.29) is 5.91 Å². The Bertz CT molecular complexity index is 674. The second-order valence-corrected chi connectivity index (χ2v) is 7.50. The average molecular weight is 343 g/mol. The summed E-state index contributed by atoms with van der Waals surface area (Å²) in [6.45, 7) is 1.71. The van der Waals surface area contributed by atoms with E-state index in [1.807, 2.05) is 35.6 Å². The highest BCUT2D eigenvalue weighted by atomic mass is 32.1. The van der Waals surface area contributed by atoms with Crippen molar-refractivity contribution in [3.05, 3.63) is 51.5 Å². The summed E-state index contributed by atoms with van der Waals surface area (Å²) in [4.78, 5) is 18.7. The van der Waals surface area contributed by atoms with Gasteiger partial charge < -0.3 is 5.32 Å². The molecule has 24 heavy (non-hydrogen) atoms. The van der Waals surface area contributed by atoms with Gasteiger partial charge in [0.25, 0.3) is 5.91 Å². The Labute approximate surface area is 147 Å². The number of thiazole rings is 1. The van der Waals surface area contributed by atoms with Gasteiger partial charge in [0.05, 0.1) is 10.7 Å². The maximum absolute atomic E-state index is 11.6. The smallest absolute Gasteiger partial charge is 0.251 e. The van der Waals surface area contributed by atoms with Crippen LogP contribution in [0.15, 0.2) is 29.6 Å². The molecule has 1 aliphatic carbocycles. The Balaban J connectivity index is 1.55. The highest BCUT2D eigenvalue weighted by molar-refractivity contribution is 7.09. The van der Waals surface area contributed by atoms with Gasteiger partial charge in [-0.2, -0.15) is 0 Å². The highest BCUT2D eigenvalue weighted by Gasteiger charge is 2.20. The number of hydrogen-bond donors (Lipinski definition) is 1. The van der Waals surface area contributed by atoms with Gasteiger partial charge in [-0.25, -0.2) is 4.98 Å². The molecule has 1 N–H and O–H groups in total. The Morgan fingerprint density at radius 1 is 1.25 bits per heavy atom. The third kappa shape index (κ3) is 4.22. The van der Waals surface area contributed by atoms with E-state index in [2.05, 4.69) is 22.6 Å². The maximum atomic E-state index is 11.6. The van der Waals surface area contributed by atoms with E-state index < -0.39 is 0 Å². The van der Waals surface area contributed by atoms with E-state index in [1.165, 1.54) is 41.9 Å². The Hall–Kier alpha value is -1.72. The van der Waals surface area contributed by atoms with Crippen LogP contribution in [-0.2, 0) is 13.1 Å². The van der Waals surface area contributed by atoms with E-state index in [0.717, 1.165) is 13.1 Å². The fourth-order valence-corrected chi connectivity index (χ4v) is 4.29.